The van der Waals surface area contributed by atoms with Gasteiger partial charge in [0, 0.05) is 18.2 Å². The van der Waals surface area contributed by atoms with Crippen molar-refractivity contribution in [3.05, 3.63) is 47.3 Å². The summed E-state index contributed by atoms with van der Waals surface area (Å²) in [6.45, 7) is 3.52. The number of benzene rings is 1. The number of morpholine rings is 1. The Kier molecular flexibility index (Phi) is 4.82. The minimum absolute atomic E-state index is 0.158. The van der Waals surface area contributed by atoms with E-state index >= 15 is 0 Å². The highest BCUT2D eigenvalue weighted by Gasteiger charge is 2.27. The Morgan fingerprint density at radius 2 is 2.38 bits per heavy atom. The summed E-state index contributed by atoms with van der Waals surface area (Å²) in [6.07, 6.45) is 5.17. The van der Waals surface area contributed by atoms with Gasteiger partial charge in [-0.1, -0.05) is 17.1 Å². The summed E-state index contributed by atoms with van der Waals surface area (Å²) in [7, 11) is 0. The molecule has 0 bridgehead atoms. The standard InChI is InChI=1S/C18H18N2O4/c1-3-14-5-4-6-15(10-14)23-12-16-11-20(7-8-22-16)18(21)17-9-13(2)24-19-17/h1,4-6,9-10,16H,7-8,11-12H2,2H3. The maximum atomic E-state index is 12.4. The van der Waals surface area contributed by atoms with E-state index in [9.17, 15) is 4.79 Å². The lowest BCUT2D eigenvalue weighted by molar-refractivity contribution is -0.0403. The molecule has 0 radical (unpaired) electrons. The first-order chi connectivity index (χ1) is 11.7. The second kappa shape index (κ2) is 7.20. The molecule has 3 rings (SSSR count). The van der Waals surface area contributed by atoms with Crippen molar-refractivity contribution < 1.29 is 18.8 Å². The lowest BCUT2D eigenvalue weighted by Crippen LogP contribution is -2.47. The monoisotopic (exact) mass is 326 g/mol. The molecule has 1 aromatic heterocycles. The molecule has 1 aliphatic rings. The van der Waals surface area contributed by atoms with Crippen LogP contribution in [0.3, 0.4) is 0 Å². The molecule has 2 heterocycles. The van der Waals surface area contributed by atoms with Crippen LogP contribution >= 0.6 is 0 Å². The number of terminal acetylenes is 1. The van der Waals surface area contributed by atoms with Crippen molar-refractivity contribution in [2.45, 2.75) is 13.0 Å². The van der Waals surface area contributed by atoms with Crippen LogP contribution in [0.2, 0.25) is 0 Å². The molecule has 0 N–H and O–H groups in total. The van der Waals surface area contributed by atoms with Crippen LogP contribution in [0.5, 0.6) is 5.75 Å². The molecule has 1 saturated heterocycles. The van der Waals surface area contributed by atoms with Gasteiger partial charge in [-0.15, -0.1) is 6.42 Å². The quantitative estimate of drug-likeness (QED) is 0.803. The summed E-state index contributed by atoms with van der Waals surface area (Å²) in [6, 6.07) is 8.95. The van der Waals surface area contributed by atoms with Crippen LogP contribution < -0.4 is 4.74 Å². The Hall–Kier alpha value is -2.78. The normalized spacial score (nSPS) is 17.3. The number of hydrogen-bond donors (Lipinski definition) is 0. The van der Waals surface area contributed by atoms with Crippen LogP contribution in [0.25, 0.3) is 0 Å². The van der Waals surface area contributed by atoms with Gasteiger partial charge >= 0.3 is 0 Å². The molecular weight excluding hydrogens is 308 g/mol. The zero-order valence-corrected chi connectivity index (χ0v) is 13.4. The summed E-state index contributed by atoms with van der Waals surface area (Å²) in [5.74, 6) is 3.71. The molecule has 0 spiro atoms. The van der Waals surface area contributed by atoms with E-state index in [0.717, 1.165) is 5.56 Å². The van der Waals surface area contributed by atoms with E-state index in [-0.39, 0.29) is 12.0 Å². The van der Waals surface area contributed by atoms with Gasteiger partial charge in [-0.25, -0.2) is 0 Å². The number of amides is 1. The van der Waals surface area contributed by atoms with Gasteiger partial charge in [-0.3, -0.25) is 4.79 Å². The minimum atomic E-state index is -0.204. The number of aryl methyl sites for hydroxylation is 1. The summed E-state index contributed by atoms with van der Waals surface area (Å²) >= 11 is 0. The molecule has 1 amide bonds. The minimum Gasteiger partial charge on any atom is -0.491 e. The molecule has 0 saturated carbocycles. The molecule has 1 atom stereocenters. The molecular formula is C18H18N2O4. The number of hydrogen-bond acceptors (Lipinski definition) is 5. The van der Waals surface area contributed by atoms with E-state index < -0.39 is 0 Å². The Bertz CT molecular complexity index is 762. The second-order valence-corrected chi connectivity index (χ2v) is 5.55. The van der Waals surface area contributed by atoms with E-state index in [1.807, 2.05) is 18.2 Å². The van der Waals surface area contributed by atoms with Crippen molar-refractivity contribution in [2.75, 3.05) is 26.3 Å². The fourth-order valence-electron chi connectivity index (χ4n) is 2.50. The molecule has 1 fully saturated rings. The lowest BCUT2D eigenvalue weighted by Gasteiger charge is -2.32. The molecule has 6 heteroatoms. The molecule has 2 aromatic rings. The van der Waals surface area contributed by atoms with Crippen LogP contribution in [0.15, 0.2) is 34.9 Å². The number of carbonyl (C=O) groups excluding carboxylic acids is 1. The third kappa shape index (κ3) is 3.76. The highest BCUT2D eigenvalue weighted by Crippen LogP contribution is 2.15. The predicted molar refractivity (Wildman–Crippen MR) is 86.8 cm³/mol. The predicted octanol–water partition coefficient (Wildman–Crippen LogP) is 1.88. The first-order valence-electron chi connectivity index (χ1n) is 7.69. The molecule has 6 nitrogen and oxygen atoms in total. The highest BCUT2D eigenvalue weighted by molar-refractivity contribution is 5.92. The van der Waals surface area contributed by atoms with Gasteiger partial charge in [-0.2, -0.15) is 0 Å². The van der Waals surface area contributed by atoms with Gasteiger partial charge in [0.25, 0.3) is 5.91 Å². The Morgan fingerprint density at radius 1 is 1.50 bits per heavy atom. The van der Waals surface area contributed by atoms with Crippen LogP contribution in [-0.4, -0.2) is 48.4 Å². The van der Waals surface area contributed by atoms with Gasteiger partial charge in [0.15, 0.2) is 5.69 Å². The number of rotatable bonds is 4. The number of ether oxygens (including phenoxy) is 2. The number of nitrogens with zero attached hydrogens (tertiary/aromatic N) is 2. The maximum Gasteiger partial charge on any atom is 0.276 e. The lowest BCUT2D eigenvalue weighted by atomic mass is 10.2. The smallest absolute Gasteiger partial charge is 0.276 e. The van der Waals surface area contributed by atoms with Crippen molar-refractivity contribution in [1.82, 2.24) is 10.1 Å². The van der Waals surface area contributed by atoms with E-state index in [2.05, 4.69) is 11.1 Å². The fraction of sp³-hybridized carbons (Fsp3) is 0.333. The van der Waals surface area contributed by atoms with Gasteiger partial charge in [0.1, 0.15) is 24.2 Å². The van der Waals surface area contributed by atoms with Crippen molar-refractivity contribution in [2.24, 2.45) is 0 Å². The summed E-state index contributed by atoms with van der Waals surface area (Å²) in [5.41, 5.74) is 1.08. The van der Waals surface area contributed by atoms with Crippen molar-refractivity contribution in [3.8, 4) is 18.1 Å². The van der Waals surface area contributed by atoms with Crippen molar-refractivity contribution in [3.63, 3.8) is 0 Å². The second-order valence-electron chi connectivity index (χ2n) is 5.55. The van der Waals surface area contributed by atoms with Crippen LogP contribution in [-0.2, 0) is 4.74 Å². The highest BCUT2D eigenvalue weighted by atomic mass is 16.5. The van der Waals surface area contributed by atoms with Gasteiger partial charge in [0.2, 0.25) is 0 Å². The Balaban J connectivity index is 1.57. The molecule has 1 unspecified atom stereocenters. The average molecular weight is 326 g/mol. The van der Waals surface area contributed by atoms with E-state index in [4.69, 9.17) is 20.4 Å². The topological polar surface area (TPSA) is 64.8 Å². The number of carbonyl (C=O) groups is 1. The molecule has 24 heavy (non-hydrogen) atoms. The zero-order chi connectivity index (χ0) is 16.9. The zero-order valence-electron chi connectivity index (χ0n) is 13.4. The molecule has 124 valence electrons. The van der Waals surface area contributed by atoms with E-state index in [1.54, 1.807) is 24.0 Å². The van der Waals surface area contributed by atoms with Crippen LogP contribution in [0, 0.1) is 19.3 Å². The SMILES string of the molecule is C#Cc1cccc(OCC2CN(C(=O)c3cc(C)on3)CCO2)c1. The van der Waals surface area contributed by atoms with E-state index in [1.165, 1.54) is 0 Å². The maximum absolute atomic E-state index is 12.4. The summed E-state index contributed by atoms with van der Waals surface area (Å²) in [5, 5.41) is 3.77. The summed E-state index contributed by atoms with van der Waals surface area (Å²) < 4.78 is 16.4. The van der Waals surface area contributed by atoms with E-state index in [0.29, 0.717) is 43.5 Å². The third-order valence-electron chi connectivity index (χ3n) is 3.71. The Morgan fingerprint density at radius 3 is 3.12 bits per heavy atom. The average Bonchev–Trinajstić information content (AvgIpc) is 3.06. The third-order valence-corrected chi connectivity index (χ3v) is 3.71. The number of aromatic nitrogens is 1. The molecule has 1 aliphatic heterocycles. The first-order valence-corrected chi connectivity index (χ1v) is 7.69. The van der Waals surface area contributed by atoms with Gasteiger partial charge < -0.3 is 18.9 Å². The van der Waals surface area contributed by atoms with Gasteiger partial charge in [-0.05, 0) is 25.1 Å². The summed E-state index contributed by atoms with van der Waals surface area (Å²) in [4.78, 5) is 14.1. The van der Waals surface area contributed by atoms with Gasteiger partial charge in [0.05, 0.1) is 13.2 Å². The molecule has 1 aromatic carbocycles. The largest absolute Gasteiger partial charge is 0.491 e. The van der Waals surface area contributed by atoms with Crippen molar-refractivity contribution in [1.29, 1.82) is 0 Å². The van der Waals surface area contributed by atoms with Crippen LogP contribution in [0.1, 0.15) is 21.8 Å². The Labute approximate surface area is 140 Å². The van der Waals surface area contributed by atoms with Crippen LogP contribution in [0.4, 0.5) is 0 Å². The molecule has 0 aliphatic carbocycles. The first kappa shape index (κ1) is 16.1. The van der Waals surface area contributed by atoms with Crippen molar-refractivity contribution >= 4 is 5.91 Å². The fourth-order valence-corrected chi connectivity index (χ4v) is 2.50.